The van der Waals surface area contributed by atoms with Crippen molar-refractivity contribution in [3.05, 3.63) is 53.1 Å². The molecule has 1 aromatic carbocycles. The Kier molecular flexibility index (Phi) is 4.96. The van der Waals surface area contributed by atoms with Gasteiger partial charge in [-0.1, -0.05) is 23.7 Å². The van der Waals surface area contributed by atoms with E-state index >= 15 is 0 Å². The number of piperazine rings is 1. The molecule has 1 saturated heterocycles. The van der Waals surface area contributed by atoms with Crippen LogP contribution in [0.25, 0.3) is 10.1 Å². The summed E-state index contributed by atoms with van der Waals surface area (Å²) in [5.41, 5.74) is -0.0179. The minimum atomic E-state index is -0.569. The van der Waals surface area contributed by atoms with Gasteiger partial charge >= 0.3 is 0 Å². The number of nitrogens with zero attached hydrogens (tertiary/aromatic N) is 5. The average Bonchev–Trinajstić information content (AvgIpc) is 2.99. The summed E-state index contributed by atoms with van der Waals surface area (Å²) in [5.74, 6) is 0.754. The first-order valence-corrected chi connectivity index (χ1v) is 9.49. The molecule has 2 aromatic heterocycles. The van der Waals surface area contributed by atoms with Gasteiger partial charge in [0, 0.05) is 45.1 Å². The number of β-amino-alcohol motifs (C(OH)–C–C–N with tert-alkyl or cyclic N) is 1. The van der Waals surface area contributed by atoms with Crippen LogP contribution in [-0.2, 0) is 6.54 Å². The van der Waals surface area contributed by atoms with Crippen molar-refractivity contribution in [2.45, 2.75) is 12.6 Å². The number of benzene rings is 1. The Morgan fingerprint density at radius 1 is 1.04 bits per heavy atom. The van der Waals surface area contributed by atoms with Gasteiger partial charge in [-0.3, -0.25) is 13.7 Å². The van der Waals surface area contributed by atoms with Gasteiger partial charge in [0.15, 0.2) is 0 Å². The number of hydrogen-bond donors (Lipinski definition) is 1. The molecule has 1 atom stereocenters. The molecular formula is C18H21N5O2S. The molecule has 26 heavy (non-hydrogen) atoms. The minimum Gasteiger partial charge on any atom is -0.390 e. The third kappa shape index (κ3) is 3.62. The van der Waals surface area contributed by atoms with Crippen LogP contribution < -0.4 is 10.5 Å². The third-order valence-electron chi connectivity index (χ3n) is 4.61. The molecule has 1 aliphatic heterocycles. The van der Waals surface area contributed by atoms with Crippen LogP contribution in [0, 0.1) is 0 Å². The van der Waals surface area contributed by atoms with Crippen molar-refractivity contribution < 1.29 is 5.11 Å². The summed E-state index contributed by atoms with van der Waals surface area (Å²) in [4.78, 5) is 25.3. The van der Waals surface area contributed by atoms with E-state index in [1.165, 1.54) is 11.5 Å². The van der Waals surface area contributed by atoms with E-state index in [9.17, 15) is 9.90 Å². The maximum absolute atomic E-state index is 12.4. The normalized spacial score (nSPS) is 16.9. The molecule has 3 aromatic rings. The van der Waals surface area contributed by atoms with Crippen molar-refractivity contribution in [1.82, 2.24) is 18.8 Å². The maximum atomic E-state index is 12.4. The summed E-state index contributed by atoms with van der Waals surface area (Å²) in [5, 5.41) is 11.2. The fourth-order valence-corrected chi connectivity index (χ4v) is 4.33. The smallest absolute Gasteiger partial charge is 0.268 e. The molecule has 0 saturated carbocycles. The van der Waals surface area contributed by atoms with E-state index in [2.05, 4.69) is 19.8 Å². The van der Waals surface area contributed by atoms with E-state index in [1.807, 2.05) is 30.3 Å². The van der Waals surface area contributed by atoms with Crippen molar-refractivity contribution in [2.75, 3.05) is 37.6 Å². The Labute approximate surface area is 155 Å². The quantitative estimate of drug-likeness (QED) is 0.722. The zero-order valence-electron chi connectivity index (χ0n) is 14.4. The van der Waals surface area contributed by atoms with E-state index in [0.29, 0.717) is 13.1 Å². The summed E-state index contributed by atoms with van der Waals surface area (Å²) in [6, 6.07) is 9.38. The second kappa shape index (κ2) is 7.53. The monoisotopic (exact) mass is 371 g/mol. The van der Waals surface area contributed by atoms with Gasteiger partial charge in [0.2, 0.25) is 5.95 Å². The van der Waals surface area contributed by atoms with E-state index in [-0.39, 0.29) is 5.56 Å². The van der Waals surface area contributed by atoms with Gasteiger partial charge in [-0.2, -0.15) is 0 Å². The highest BCUT2D eigenvalue weighted by atomic mass is 32.1. The van der Waals surface area contributed by atoms with Crippen molar-refractivity contribution in [3.8, 4) is 0 Å². The average molecular weight is 371 g/mol. The molecule has 1 aliphatic rings. The SMILES string of the molecule is O=c1c2ccccc2sn1CC(O)CN1CCN(c2ncccn2)CC1. The predicted octanol–water partition coefficient (Wildman–Crippen LogP) is 1.04. The van der Waals surface area contributed by atoms with Crippen molar-refractivity contribution >= 4 is 27.6 Å². The second-order valence-electron chi connectivity index (χ2n) is 6.44. The van der Waals surface area contributed by atoms with Crippen LogP contribution in [0.15, 0.2) is 47.5 Å². The first kappa shape index (κ1) is 17.1. The Morgan fingerprint density at radius 3 is 2.50 bits per heavy atom. The molecule has 7 nitrogen and oxygen atoms in total. The zero-order chi connectivity index (χ0) is 17.9. The van der Waals surface area contributed by atoms with Crippen LogP contribution in [0.3, 0.4) is 0 Å². The summed E-state index contributed by atoms with van der Waals surface area (Å²) >= 11 is 1.41. The lowest BCUT2D eigenvalue weighted by atomic mass is 10.2. The largest absolute Gasteiger partial charge is 0.390 e. The highest BCUT2D eigenvalue weighted by molar-refractivity contribution is 7.13. The Bertz CT molecular complexity index is 918. The molecule has 3 heterocycles. The Balaban J connectivity index is 1.33. The van der Waals surface area contributed by atoms with Gasteiger partial charge in [0.05, 0.1) is 22.7 Å². The Hall–Kier alpha value is -2.29. The minimum absolute atomic E-state index is 0.0179. The molecule has 4 rings (SSSR count). The predicted molar refractivity (Wildman–Crippen MR) is 103 cm³/mol. The molecule has 0 amide bonds. The van der Waals surface area contributed by atoms with Crippen LogP contribution >= 0.6 is 11.5 Å². The van der Waals surface area contributed by atoms with Gasteiger partial charge in [-0.25, -0.2) is 9.97 Å². The number of aliphatic hydroxyl groups excluding tert-OH is 1. The van der Waals surface area contributed by atoms with Crippen molar-refractivity contribution in [3.63, 3.8) is 0 Å². The number of fused-ring (bicyclic) bond motifs is 1. The van der Waals surface area contributed by atoms with Crippen LogP contribution in [0.4, 0.5) is 5.95 Å². The molecule has 8 heteroatoms. The molecular weight excluding hydrogens is 350 g/mol. The summed E-state index contributed by atoms with van der Waals surface area (Å²) in [6.45, 7) is 4.25. The molecule has 0 bridgehead atoms. The van der Waals surface area contributed by atoms with E-state index in [0.717, 1.165) is 42.2 Å². The fourth-order valence-electron chi connectivity index (χ4n) is 3.27. The molecule has 1 unspecified atom stereocenters. The van der Waals surface area contributed by atoms with Crippen LogP contribution in [0.5, 0.6) is 0 Å². The summed E-state index contributed by atoms with van der Waals surface area (Å²) < 4.78 is 2.62. The van der Waals surface area contributed by atoms with Crippen molar-refractivity contribution in [2.24, 2.45) is 0 Å². The molecule has 136 valence electrons. The molecule has 0 spiro atoms. The maximum Gasteiger partial charge on any atom is 0.268 e. The van der Waals surface area contributed by atoms with Gasteiger partial charge in [0.25, 0.3) is 5.56 Å². The lowest BCUT2D eigenvalue weighted by molar-refractivity contribution is 0.0966. The highest BCUT2D eigenvalue weighted by Crippen LogP contribution is 2.16. The number of aromatic nitrogens is 3. The van der Waals surface area contributed by atoms with Crippen molar-refractivity contribution in [1.29, 1.82) is 0 Å². The highest BCUT2D eigenvalue weighted by Gasteiger charge is 2.21. The molecule has 1 fully saturated rings. The van der Waals surface area contributed by atoms with Gasteiger partial charge in [0.1, 0.15) is 0 Å². The molecule has 1 N–H and O–H groups in total. The second-order valence-corrected chi connectivity index (χ2v) is 7.51. The number of anilines is 1. The molecule has 0 aliphatic carbocycles. The standard InChI is InChI=1S/C18H21N5O2S/c24-14(13-23-17(25)15-4-1-2-5-16(15)26-23)12-21-8-10-22(11-9-21)18-19-6-3-7-20-18/h1-7,14,24H,8-13H2. The van der Waals surface area contributed by atoms with Gasteiger partial charge in [-0.05, 0) is 18.2 Å². The lowest BCUT2D eigenvalue weighted by Crippen LogP contribution is -2.49. The first-order chi connectivity index (χ1) is 12.7. The van der Waals surface area contributed by atoms with Crippen LogP contribution in [-0.4, -0.2) is 62.8 Å². The lowest BCUT2D eigenvalue weighted by Gasteiger charge is -2.35. The number of rotatable bonds is 5. The third-order valence-corrected chi connectivity index (χ3v) is 5.69. The van der Waals surface area contributed by atoms with E-state index in [1.54, 1.807) is 16.4 Å². The fraction of sp³-hybridized carbons (Fsp3) is 0.389. The summed E-state index contributed by atoms with van der Waals surface area (Å²) in [7, 11) is 0. The van der Waals surface area contributed by atoms with E-state index in [4.69, 9.17) is 0 Å². The van der Waals surface area contributed by atoms with E-state index < -0.39 is 6.10 Å². The topological polar surface area (TPSA) is 74.5 Å². The number of aliphatic hydroxyl groups is 1. The summed E-state index contributed by atoms with van der Waals surface area (Å²) in [6.07, 6.45) is 2.93. The Morgan fingerprint density at radius 2 is 1.77 bits per heavy atom. The first-order valence-electron chi connectivity index (χ1n) is 8.72. The van der Waals surface area contributed by atoms with Gasteiger partial charge < -0.3 is 10.0 Å². The number of hydrogen-bond acceptors (Lipinski definition) is 7. The van der Waals surface area contributed by atoms with Crippen LogP contribution in [0.2, 0.25) is 0 Å². The molecule has 0 radical (unpaired) electrons. The zero-order valence-corrected chi connectivity index (χ0v) is 15.2. The van der Waals surface area contributed by atoms with Crippen LogP contribution in [0.1, 0.15) is 0 Å². The van der Waals surface area contributed by atoms with Gasteiger partial charge in [-0.15, -0.1) is 0 Å².